The summed E-state index contributed by atoms with van der Waals surface area (Å²) in [7, 11) is 1.63. The van der Waals surface area contributed by atoms with E-state index in [9.17, 15) is 5.11 Å². The van der Waals surface area contributed by atoms with E-state index in [1.54, 1.807) is 7.11 Å². The molecule has 3 heteroatoms. The summed E-state index contributed by atoms with van der Waals surface area (Å²) in [5, 5.41) is 10.9. The van der Waals surface area contributed by atoms with E-state index in [0.29, 0.717) is 11.4 Å². The molecule has 0 unspecified atom stereocenters. The Bertz CT molecular complexity index is 535. The highest BCUT2D eigenvalue weighted by Gasteiger charge is 2.10. The van der Waals surface area contributed by atoms with Gasteiger partial charge in [0.2, 0.25) is 0 Å². The zero-order chi connectivity index (χ0) is 11.7. The lowest BCUT2D eigenvalue weighted by molar-refractivity contribution is 0.415. The number of benzene rings is 1. The first-order valence-corrected chi connectivity index (χ1v) is 5.33. The van der Waals surface area contributed by atoms with E-state index in [1.165, 1.54) is 0 Å². The molecule has 0 spiro atoms. The number of rotatable bonds is 2. The second-order valence-corrected chi connectivity index (χ2v) is 3.76. The molecule has 0 aliphatic rings. The van der Waals surface area contributed by atoms with E-state index in [1.807, 2.05) is 32.0 Å². The molecular weight excluding hydrogens is 202 g/mol. The molecule has 1 aromatic carbocycles. The Morgan fingerprint density at radius 1 is 1.38 bits per heavy atom. The minimum absolute atomic E-state index is 0.295. The number of hydrogen-bond acceptors (Lipinski definition) is 3. The van der Waals surface area contributed by atoms with Gasteiger partial charge in [-0.15, -0.1) is 0 Å². The summed E-state index contributed by atoms with van der Waals surface area (Å²) >= 11 is 0. The fraction of sp³-hybridized carbons (Fsp3) is 0.308. The molecule has 0 radical (unpaired) electrons. The molecule has 0 bridgehead atoms. The molecule has 2 rings (SSSR count). The van der Waals surface area contributed by atoms with Gasteiger partial charge >= 0.3 is 0 Å². The van der Waals surface area contributed by atoms with Gasteiger partial charge < -0.3 is 9.84 Å². The van der Waals surface area contributed by atoms with Gasteiger partial charge in [-0.05, 0) is 31.5 Å². The summed E-state index contributed by atoms with van der Waals surface area (Å²) < 4.78 is 5.18. The first kappa shape index (κ1) is 10.7. The molecule has 0 aliphatic carbocycles. The van der Waals surface area contributed by atoms with Gasteiger partial charge in [0.25, 0.3) is 0 Å². The Morgan fingerprint density at radius 3 is 2.75 bits per heavy atom. The van der Waals surface area contributed by atoms with Crippen molar-refractivity contribution in [1.82, 2.24) is 4.98 Å². The summed E-state index contributed by atoms with van der Waals surface area (Å²) in [5.74, 6) is 1.08. The minimum atomic E-state index is 0.295. The molecule has 0 saturated carbocycles. The maximum absolute atomic E-state index is 9.96. The molecule has 2 aromatic rings. The first-order valence-electron chi connectivity index (χ1n) is 5.33. The van der Waals surface area contributed by atoms with Crippen LogP contribution in [0.4, 0.5) is 0 Å². The van der Waals surface area contributed by atoms with Crippen LogP contribution < -0.4 is 4.74 Å². The predicted molar refractivity (Wildman–Crippen MR) is 64.1 cm³/mol. The topological polar surface area (TPSA) is 42.4 Å². The standard InChI is InChI=1S/C13H15NO2/c1-4-10-11-7-9(16-3)5-6-12(11)14-8(2)13(10)15/h5-7,15H,4H2,1-3H3. The lowest BCUT2D eigenvalue weighted by atomic mass is 10.0. The Labute approximate surface area is 94.7 Å². The van der Waals surface area contributed by atoms with Crippen molar-refractivity contribution in [2.75, 3.05) is 7.11 Å². The van der Waals surface area contributed by atoms with E-state index in [2.05, 4.69) is 4.98 Å². The third-order valence-corrected chi connectivity index (χ3v) is 2.80. The van der Waals surface area contributed by atoms with Crippen molar-refractivity contribution in [1.29, 1.82) is 0 Å². The van der Waals surface area contributed by atoms with E-state index in [-0.39, 0.29) is 0 Å². The van der Waals surface area contributed by atoms with E-state index in [4.69, 9.17) is 4.74 Å². The third kappa shape index (κ3) is 1.58. The Morgan fingerprint density at radius 2 is 2.12 bits per heavy atom. The lowest BCUT2D eigenvalue weighted by Crippen LogP contribution is -1.93. The van der Waals surface area contributed by atoms with Gasteiger partial charge in [0.05, 0.1) is 18.3 Å². The van der Waals surface area contributed by atoms with Crippen molar-refractivity contribution in [2.45, 2.75) is 20.3 Å². The molecule has 3 nitrogen and oxygen atoms in total. The van der Waals surface area contributed by atoms with Gasteiger partial charge in [0, 0.05) is 10.9 Å². The highest BCUT2D eigenvalue weighted by atomic mass is 16.5. The zero-order valence-corrected chi connectivity index (χ0v) is 9.74. The van der Waals surface area contributed by atoms with Crippen LogP contribution in [0.3, 0.4) is 0 Å². The van der Waals surface area contributed by atoms with Gasteiger partial charge in [-0.3, -0.25) is 0 Å². The van der Waals surface area contributed by atoms with E-state index in [0.717, 1.165) is 28.6 Å². The average Bonchev–Trinajstić information content (AvgIpc) is 2.30. The van der Waals surface area contributed by atoms with Gasteiger partial charge in [-0.2, -0.15) is 0 Å². The number of hydrogen-bond donors (Lipinski definition) is 1. The van der Waals surface area contributed by atoms with Crippen LogP contribution in [0.5, 0.6) is 11.5 Å². The Kier molecular flexibility index (Phi) is 2.69. The molecule has 0 aliphatic heterocycles. The maximum atomic E-state index is 9.96. The van der Waals surface area contributed by atoms with Crippen LogP contribution in [0.1, 0.15) is 18.2 Å². The molecule has 16 heavy (non-hydrogen) atoms. The van der Waals surface area contributed by atoms with Gasteiger partial charge in [0.1, 0.15) is 11.5 Å². The average molecular weight is 217 g/mol. The van der Waals surface area contributed by atoms with Crippen molar-refractivity contribution >= 4 is 10.9 Å². The third-order valence-electron chi connectivity index (χ3n) is 2.80. The fourth-order valence-electron chi connectivity index (χ4n) is 1.92. The molecule has 84 valence electrons. The van der Waals surface area contributed by atoms with Crippen molar-refractivity contribution in [3.8, 4) is 11.5 Å². The molecule has 1 heterocycles. The number of nitrogens with zero attached hydrogens (tertiary/aromatic N) is 1. The SMILES string of the molecule is CCc1c(O)c(C)nc2ccc(OC)cc12. The monoisotopic (exact) mass is 217 g/mol. The lowest BCUT2D eigenvalue weighted by Gasteiger charge is -2.10. The Hall–Kier alpha value is -1.77. The van der Waals surface area contributed by atoms with Crippen LogP contribution in [-0.4, -0.2) is 17.2 Å². The second kappa shape index (κ2) is 4.00. The second-order valence-electron chi connectivity index (χ2n) is 3.76. The number of aromatic hydroxyl groups is 1. The molecule has 1 N–H and O–H groups in total. The van der Waals surface area contributed by atoms with Gasteiger partial charge in [-0.25, -0.2) is 4.98 Å². The Balaban J connectivity index is 2.81. The molecule has 0 fully saturated rings. The van der Waals surface area contributed by atoms with Crippen molar-refractivity contribution < 1.29 is 9.84 Å². The molecule has 0 atom stereocenters. The van der Waals surface area contributed by atoms with Crippen LogP contribution >= 0.6 is 0 Å². The van der Waals surface area contributed by atoms with E-state index < -0.39 is 0 Å². The largest absolute Gasteiger partial charge is 0.506 e. The number of ether oxygens (including phenoxy) is 1. The smallest absolute Gasteiger partial charge is 0.140 e. The zero-order valence-electron chi connectivity index (χ0n) is 9.74. The van der Waals surface area contributed by atoms with Gasteiger partial charge in [-0.1, -0.05) is 6.92 Å². The number of fused-ring (bicyclic) bond motifs is 1. The molecule has 1 aromatic heterocycles. The molecular formula is C13H15NO2. The van der Waals surface area contributed by atoms with Gasteiger partial charge in [0.15, 0.2) is 0 Å². The maximum Gasteiger partial charge on any atom is 0.140 e. The normalized spacial score (nSPS) is 10.7. The number of pyridine rings is 1. The van der Waals surface area contributed by atoms with Crippen LogP contribution in [0.2, 0.25) is 0 Å². The van der Waals surface area contributed by atoms with Crippen molar-refractivity contribution in [3.63, 3.8) is 0 Å². The van der Waals surface area contributed by atoms with Crippen LogP contribution in [0, 0.1) is 6.92 Å². The minimum Gasteiger partial charge on any atom is -0.506 e. The summed E-state index contributed by atoms with van der Waals surface area (Å²) in [4.78, 5) is 4.35. The van der Waals surface area contributed by atoms with Crippen LogP contribution in [-0.2, 0) is 6.42 Å². The van der Waals surface area contributed by atoms with E-state index >= 15 is 0 Å². The molecule has 0 amide bonds. The number of aryl methyl sites for hydroxylation is 2. The number of methoxy groups -OCH3 is 1. The molecule has 0 saturated heterocycles. The quantitative estimate of drug-likeness (QED) is 0.841. The fourth-order valence-corrected chi connectivity index (χ4v) is 1.92. The van der Waals surface area contributed by atoms with Crippen molar-refractivity contribution in [2.24, 2.45) is 0 Å². The first-order chi connectivity index (χ1) is 7.67. The number of aromatic nitrogens is 1. The van der Waals surface area contributed by atoms with Crippen LogP contribution in [0.25, 0.3) is 10.9 Å². The summed E-state index contributed by atoms with van der Waals surface area (Å²) in [6.07, 6.45) is 0.777. The summed E-state index contributed by atoms with van der Waals surface area (Å²) in [6, 6.07) is 5.71. The van der Waals surface area contributed by atoms with Crippen LogP contribution in [0.15, 0.2) is 18.2 Å². The summed E-state index contributed by atoms with van der Waals surface area (Å²) in [5.41, 5.74) is 2.50. The predicted octanol–water partition coefficient (Wildman–Crippen LogP) is 2.82. The van der Waals surface area contributed by atoms with Crippen molar-refractivity contribution in [3.05, 3.63) is 29.5 Å². The highest BCUT2D eigenvalue weighted by molar-refractivity contribution is 5.86. The summed E-state index contributed by atoms with van der Waals surface area (Å²) in [6.45, 7) is 3.84. The highest BCUT2D eigenvalue weighted by Crippen LogP contribution is 2.31.